The molecule has 2 rings (SSSR count). The molecule has 1 atom stereocenters. The Balaban J connectivity index is 1.99. The van der Waals surface area contributed by atoms with E-state index >= 15 is 0 Å². The minimum Gasteiger partial charge on any atom is -0.306 e. The Morgan fingerprint density at radius 2 is 2.31 bits per heavy atom. The van der Waals surface area contributed by atoms with Gasteiger partial charge in [-0.3, -0.25) is 4.79 Å². The fourth-order valence-electron chi connectivity index (χ4n) is 1.38. The van der Waals surface area contributed by atoms with Crippen LogP contribution in [0.2, 0.25) is 0 Å². The van der Waals surface area contributed by atoms with Gasteiger partial charge in [0.05, 0.1) is 11.7 Å². The zero-order chi connectivity index (χ0) is 11.8. The average molecular weight is 239 g/mol. The van der Waals surface area contributed by atoms with E-state index in [4.69, 9.17) is 0 Å². The van der Waals surface area contributed by atoms with Crippen LogP contribution in [0.5, 0.6) is 0 Å². The van der Waals surface area contributed by atoms with E-state index in [0.29, 0.717) is 5.13 Å². The van der Waals surface area contributed by atoms with Gasteiger partial charge in [-0.15, -0.1) is 11.3 Å². The molecule has 88 valence electrons. The summed E-state index contributed by atoms with van der Waals surface area (Å²) in [5.41, 5.74) is 1.06. The van der Waals surface area contributed by atoms with Crippen LogP contribution in [0.15, 0.2) is 5.38 Å². The zero-order valence-corrected chi connectivity index (χ0v) is 10.6. The molecular weight excluding hydrogens is 222 g/mol. The van der Waals surface area contributed by atoms with Gasteiger partial charge in [-0.25, -0.2) is 4.98 Å². The topological polar surface area (TPSA) is 54.0 Å². The Kier molecular flexibility index (Phi) is 2.99. The van der Waals surface area contributed by atoms with E-state index in [1.807, 2.05) is 5.38 Å². The number of carbonyl (C=O) groups is 1. The van der Waals surface area contributed by atoms with Crippen LogP contribution in [0.4, 0.5) is 5.13 Å². The highest BCUT2D eigenvalue weighted by Crippen LogP contribution is 2.26. The third-order valence-electron chi connectivity index (χ3n) is 2.64. The summed E-state index contributed by atoms with van der Waals surface area (Å²) in [7, 11) is 0. The third kappa shape index (κ3) is 2.41. The van der Waals surface area contributed by atoms with Crippen LogP contribution < -0.4 is 10.6 Å². The highest BCUT2D eigenvalue weighted by molar-refractivity contribution is 7.13. The Hall–Kier alpha value is -0.940. The molecule has 0 aliphatic carbocycles. The summed E-state index contributed by atoms with van der Waals surface area (Å²) in [6.45, 7) is 7.27. The highest BCUT2D eigenvalue weighted by atomic mass is 32.1. The maximum atomic E-state index is 11.6. The van der Waals surface area contributed by atoms with E-state index < -0.39 is 0 Å². The predicted octanol–water partition coefficient (Wildman–Crippen LogP) is 1.74. The maximum absolute atomic E-state index is 11.6. The number of hydrogen-bond acceptors (Lipinski definition) is 4. The summed E-state index contributed by atoms with van der Waals surface area (Å²) in [5.74, 6) is 0.0288. The van der Waals surface area contributed by atoms with Crippen LogP contribution >= 0.6 is 11.3 Å². The molecule has 4 nitrogen and oxygen atoms in total. The number of anilines is 1. The molecule has 1 aliphatic rings. The van der Waals surface area contributed by atoms with Gasteiger partial charge < -0.3 is 10.6 Å². The first-order chi connectivity index (χ1) is 7.47. The maximum Gasteiger partial charge on any atom is 0.243 e. The fourth-order valence-corrected chi connectivity index (χ4v) is 2.32. The molecule has 0 radical (unpaired) electrons. The molecule has 5 heteroatoms. The molecule has 1 aromatic rings. The van der Waals surface area contributed by atoms with Crippen molar-refractivity contribution in [3.05, 3.63) is 11.1 Å². The van der Waals surface area contributed by atoms with Crippen molar-refractivity contribution >= 4 is 22.4 Å². The number of hydrogen-bond donors (Lipinski definition) is 2. The highest BCUT2D eigenvalue weighted by Gasteiger charge is 2.25. The van der Waals surface area contributed by atoms with E-state index in [0.717, 1.165) is 18.7 Å². The second kappa shape index (κ2) is 4.14. The van der Waals surface area contributed by atoms with Crippen molar-refractivity contribution in [3.8, 4) is 0 Å². The fraction of sp³-hybridized carbons (Fsp3) is 0.636. The van der Waals surface area contributed by atoms with Crippen LogP contribution in [0, 0.1) is 0 Å². The van der Waals surface area contributed by atoms with E-state index in [-0.39, 0.29) is 17.4 Å². The quantitative estimate of drug-likeness (QED) is 0.826. The van der Waals surface area contributed by atoms with Gasteiger partial charge in [0.15, 0.2) is 5.13 Å². The van der Waals surface area contributed by atoms with Gasteiger partial charge >= 0.3 is 0 Å². The molecule has 0 aromatic carbocycles. The summed E-state index contributed by atoms with van der Waals surface area (Å²) < 4.78 is 0. The number of carbonyl (C=O) groups excluding carboxylic acids is 1. The molecule has 16 heavy (non-hydrogen) atoms. The molecule has 2 N–H and O–H groups in total. The first kappa shape index (κ1) is 11.5. The second-order valence-corrected chi connectivity index (χ2v) is 5.93. The molecule has 1 unspecified atom stereocenters. The zero-order valence-electron chi connectivity index (χ0n) is 9.83. The average Bonchev–Trinajstić information content (AvgIpc) is 2.47. The minimum absolute atomic E-state index is 0.0259. The molecule has 1 aromatic heterocycles. The number of rotatable bonds is 2. The van der Waals surface area contributed by atoms with Crippen molar-refractivity contribution in [2.45, 2.75) is 38.6 Å². The summed E-state index contributed by atoms with van der Waals surface area (Å²) in [4.78, 5) is 16.1. The van der Waals surface area contributed by atoms with Crippen LogP contribution in [-0.2, 0) is 10.2 Å². The van der Waals surface area contributed by atoms with E-state index in [9.17, 15) is 4.79 Å². The van der Waals surface area contributed by atoms with Gasteiger partial charge in [0.25, 0.3) is 0 Å². The predicted molar refractivity (Wildman–Crippen MR) is 65.9 cm³/mol. The van der Waals surface area contributed by atoms with Crippen LogP contribution in [0.3, 0.4) is 0 Å². The largest absolute Gasteiger partial charge is 0.306 e. The first-order valence-corrected chi connectivity index (χ1v) is 6.35. The van der Waals surface area contributed by atoms with Crippen molar-refractivity contribution in [2.24, 2.45) is 0 Å². The number of aromatic nitrogens is 1. The van der Waals surface area contributed by atoms with Crippen molar-refractivity contribution < 1.29 is 4.79 Å². The lowest BCUT2D eigenvalue weighted by Gasteiger charge is -2.25. The Morgan fingerprint density at radius 3 is 2.75 bits per heavy atom. The van der Waals surface area contributed by atoms with E-state index in [2.05, 4.69) is 36.4 Å². The molecule has 1 fully saturated rings. The molecule has 1 aliphatic heterocycles. The molecular formula is C11H17N3OS. The minimum atomic E-state index is -0.0259. The van der Waals surface area contributed by atoms with Gasteiger partial charge in [-0.05, 0) is 13.0 Å². The molecule has 1 saturated heterocycles. The molecule has 0 spiro atoms. The van der Waals surface area contributed by atoms with Gasteiger partial charge in [0.1, 0.15) is 0 Å². The smallest absolute Gasteiger partial charge is 0.243 e. The molecule has 1 amide bonds. The number of thiazole rings is 1. The lowest BCUT2D eigenvalue weighted by atomic mass is 9.93. The van der Waals surface area contributed by atoms with E-state index in [1.54, 1.807) is 0 Å². The number of nitrogens with one attached hydrogen (secondary N) is 2. The lowest BCUT2D eigenvalue weighted by molar-refractivity contribution is -0.119. The summed E-state index contributed by atoms with van der Waals surface area (Å²) in [6, 6.07) is -0.0259. The summed E-state index contributed by atoms with van der Waals surface area (Å²) in [6.07, 6.45) is 0.920. The molecule has 2 heterocycles. The van der Waals surface area contributed by atoms with Crippen molar-refractivity contribution in [2.75, 3.05) is 11.9 Å². The van der Waals surface area contributed by atoms with Crippen LogP contribution in [-0.4, -0.2) is 23.5 Å². The normalized spacial score (nSPS) is 20.3. The van der Waals surface area contributed by atoms with Gasteiger partial charge in [-0.1, -0.05) is 20.8 Å². The van der Waals surface area contributed by atoms with Gasteiger partial charge in [0, 0.05) is 10.8 Å². The lowest BCUT2D eigenvalue weighted by Crippen LogP contribution is -2.50. The Bertz CT molecular complexity index is 390. The van der Waals surface area contributed by atoms with Gasteiger partial charge in [-0.2, -0.15) is 0 Å². The third-order valence-corrected chi connectivity index (χ3v) is 3.40. The van der Waals surface area contributed by atoms with Crippen LogP contribution in [0.25, 0.3) is 0 Å². The monoisotopic (exact) mass is 239 g/mol. The number of amides is 1. The SMILES string of the molecule is CC(C)(C)c1csc(NC(=O)C2CCN2)n1. The summed E-state index contributed by atoms with van der Waals surface area (Å²) in [5, 5.41) is 8.61. The van der Waals surface area contributed by atoms with Gasteiger partial charge in [0.2, 0.25) is 5.91 Å². The Labute approximate surface area is 99.5 Å². The van der Waals surface area contributed by atoms with Crippen molar-refractivity contribution in [1.29, 1.82) is 0 Å². The van der Waals surface area contributed by atoms with Crippen molar-refractivity contribution in [3.63, 3.8) is 0 Å². The van der Waals surface area contributed by atoms with Crippen LogP contribution in [0.1, 0.15) is 32.9 Å². The standard InChI is InChI=1S/C11H17N3OS/c1-11(2,3)8-6-16-10(13-8)14-9(15)7-4-5-12-7/h6-7,12H,4-5H2,1-3H3,(H,13,14,15). The van der Waals surface area contributed by atoms with Crippen molar-refractivity contribution in [1.82, 2.24) is 10.3 Å². The van der Waals surface area contributed by atoms with E-state index in [1.165, 1.54) is 11.3 Å². The first-order valence-electron chi connectivity index (χ1n) is 5.47. The second-order valence-electron chi connectivity index (χ2n) is 5.07. The number of nitrogens with zero attached hydrogens (tertiary/aromatic N) is 1. The molecule has 0 bridgehead atoms. The summed E-state index contributed by atoms with van der Waals surface area (Å²) >= 11 is 1.49. The molecule has 0 saturated carbocycles. The Morgan fingerprint density at radius 1 is 1.62 bits per heavy atom.